The minimum Gasteiger partial charge on any atom is -0.491 e. The van der Waals surface area contributed by atoms with Crippen LogP contribution in [0.25, 0.3) is 0 Å². The summed E-state index contributed by atoms with van der Waals surface area (Å²) in [5.74, 6) is 1.70. The monoisotopic (exact) mass is 327 g/mol. The third-order valence-electron chi connectivity index (χ3n) is 4.56. The molecule has 24 heavy (non-hydrogen) atoms. The number of likely N-dealkylation sites (tertiary alicyclic amines) is 1. The van der Waals surface area contributed by atoms with Crippen molar-refractivity contribution in [3.8, 4) is 5.75 Å². The summed E-state index contributed by atoms with van der Waals surface area (Å²) in [5.41, 5.74) is 2.08. The molecule has 128 valence electrons. The molecule has 1 unspecified atom stereocenters. The topological polar surface area (TPSA) is 47.5 Å². The Morgan fingerprint density at radius 1 is 1.21 bits per heavy atom. The van der Waals surface area contributed by atoms with Crippen LogP contribution in [-0.2, 0) is 11.3 Å². The van der Waals surface area contributed by atoms with E-state index in [0.717, 1.165) is 43.2 Å². The third-order valence-corrected chi connectivity index (χ3v) is 4.56. The standard InChI is InChI=1S/C19H25N3O2/c1-15-5-4-6-18(9-15)24-14-19(23-3)7-8-22(13-19)12-17-10-20-16(2)21-11-17/h4-6,9-11H,7-8,12-14H2,1-3H3. The maximum atomic E-state index is 6.00. The molecule has 2 heterocycles. The highest BCUT2D eigenvalue weighted by Crippen LogP contribution is 2.27. The molecule has 0 saturated carbocycles. The molecule has 1 aliphatic heterocycles. The van der Waals surface area contributed by atoms with E-state index in [2.05, 4.69) is 33.9 Å². The second-order valence-electron chi connectivity index (χ2n) is 6.59. The fourth-order valence-electron chi connectivity index (χ4n) is 3.08. The Kier molecular flexibility index (Phi) is 5.11. The number of hydrogen-bond donors (Lipinski definition) is 0. The Morgan fingerprint density at radius 2 is 2.00 bits per heavy atom. The lowest BCUT2D eigenvalue weighted by Crippen LogP contribution is -2.41. The Balaban J connectivity index is 1.59. The average molecular weight is 327 g/mol. The summed E-state index contributed by atoms with van der Waals surface area (Å²) in [4.78, 5) is 10.9. The van der Waals surface area contributed by atoms with Crippen LogP contribution in [0, 0.1) is 13.8 Å². The number of benzene rings is 1. The first-order valence-electron chi connectivity index (χ1n) is 8.33. The van der Waals surface area contributed by atoms with Crippen LogP contribution in [0.2, 0.25) is 0 Å². The van der Waals surface area contributed by atoms with Gasteiger partial charge < -0.3 is 9.47 Å². The minimum atomic E-state index is -0.255. The number of aromatic nitrogens is 2. The molecule has 0 radical (unpaired) electrons. The van der Waals surface area contributed by atoms with Crippen molar-refractivity contribution in [2.24, 2.45) is 0 Å². The summed E-state index contributed by atoms with van der Waals surface area (Å²) in [6, 6.07) is 8.13. The summed E-state index contributed by atoms with van der Waals surface area (Å²) in [6.07, 6.45) is 4.76. The van der Waals surface area contributed by atoms with E-state index in [4.69, 9.17) is 9.47 Å². The van der Waals surface area contributed by atoms with E-state index in [1.165, 1.54) is 5.56 Å². The van der Waals surface area contributed by atoms with Gasteiger partial charge in [0.25, 0.3) is 0 Å². The van der Waals surface area contributed by atoms with Crippen LogP contribution in [0.4, 0.5) is 0 Å². The largest absolute Gasteiger partial charge is 0.491 e. The maximum absolute atomic E-state index is 6.00. The van der Waals surface area contributed by atoms with Gasteiger partial charge in [-0.1, -0.05) is 12.1 Å². The molecule has 1 aromatic heterocycles. The molecule has 1 aromatic carbocycles. The minimum absolute atomic E-state index is 0.255. The lowest BCUT2D eigenvalue weighted by molar-refractivity contribution is -0.0359. The van der Waals surface area contributed by atoms with Gasteiger partial charge in [-0.3, -0.25) is 4.90 Å². The van der Waals surface area contributed by atoms with Gasteiger partial charge in [0.05, 0.1) is 0 Å². The van der Waals surface area contributed by atoms with E-state index in [1.54, 1.807) is 7.11 Å². The van der Waals surface area contributed by atoms with Crippen molar-refractivity contribution in [2.75, 3.05) is 26.8 Å². The van der Waals surface area contributed by atoms with Gasteiger partial charge in [0.2, 0.25) is 0 Å². The molecule has 5 nitrogen and oxygen atoms in total. The predicted octanol–water partition coefficient (Wildman–Crippen LogP) is 2.76. The molecular formula is C19H25N3O2. The number of hydrogen-bond acceptors (Lipinski definition) is 5. The van der Waals surface area contributed by atoms with E-state index >= 15 is 0 Å². The number of aryl methyl sites for hydroxylation is 2. The van der Waals surface area contributed by atoms with Crippen LogP contribution in [0.15, 0.2) is 36.7 Å². The summed E-state index contributed by atoms with van der Waals surface area (Å²) in [7, 11) is 1.78. The molecule has 0 bridgehead atoms. The second kappa shape index (κ2) is 7.28. The third kappa shape index (κ3) is 4.10. The first-order chi connectivity index (χ1) is 11.6. The smallest absolute Gasteiger partial charge is 0.125 e. The van der Waals surface area contributed by atoms with Crippen LogP contribution in [-0.4, -0.2) is 47.3 Å². The Labute approximate surface area is 143 Å². The first-order valence-corrected chi connectivity index (χ1v) is 8.33. The molecule has 0 amide bonds. The summed E-state index contributed by atoms with van der Waals surface area (Å²) >= 11 is 0. The van der Waals surface area contributed by atoms with E-state index < -0.39 is 0 Å². The van der Waals surface area contributed by atoms with Crippen molar-refractivity contribution in [3.63, 3.8) is 0 Å². The number of rotatable bonds is 6. The fraction of sp³-hybridized carbons (Fsp3) is 0.474. The summed E-state index contributed by atoms with van der Waals surface area (Å²) in [5, 5.41) is 0. The van der Waals surface area contributed by atoms with E-state index in [-0.39, 0.29) is 5.60 Å². The Morgan fingerprint density at radius 3 is 2.71 bits per heavy atom. The zero-order valence-electron chi connectivity index (χ0n) is 14.7. The zero-order valence-corrected chi connectivity index (χ0v) is 14.7. The maximum Gasteiger partial charge on any atom is 0.125 e. The van der Waals surface area contributed by atoms with Crippen molar-refractivity contribution in [3.05, 3.63) is 53.6 Å². The lowest BCUT2D eigenvalue weighted by Gasteiger charge is -2.28. The molecule has 1 atom stereocenters. The molecule has 0 aliphatic carbocycles. The lowest BCUT2D eigenvalue weighted by atomic mass is 10.0. The fourth-order valence-corrected chi connectivity index (χ4v) is 3.08. The molecule has 0 spiro atoms. The Bertz CT molecular complexity index is 675. The van der Waals surface area contributed by atoms with Gasteiger partial charge in [0.15, 0.2) is 0 Å². The highest BCUT2D eigenvalue weighted by Gasteiger charge is 2.39. The molecule has 2 aromatic rings. The highest BCUT2D eigenvalue weighted by atomic mass is 16.5. The predicted molar refractivity (Wildman–Crippen MR) is 93.1 cm³/mol. The van der Waals surface area contributed by atoms with Gasteiger partial charge in [-0.2, -0.15) is 0 Å². The highest BCUT2D eigenvalue weighted by molar-refractivity contribution is 5.27. The molecule has 1 fully saturated rings. The molecule has 1 aliphatic rings. The van der Waals surface area contributed by atoms with Crippen molar-refractivity contribution in [2.45, 2.75) is 32.4 Å². The van der Waals surface area contributed by atoms with Crippen LogP contribution in [0.5, 0.6) is 5.75 Å². The normalized spacial score (nSPS) is 21.1. The van der Waals surface area contributed by atoms with E-state index in [9.17, 15) is 0 Å². The number of nitrogens with zero attached hydrogens (tertiary/aromatic N) is 3. The molecule has 1 saturated heterocycles. The summed E-state index contributed by atoms with van der Waals surface area (Å²) in [6.45, 7) is 7.21. The quantitative estimate of drug-likeness (QED) is 0.816. The molecule has 3 rings (SSSR count). The van der Waals surface area contributed by atoms with Gasteiger partial charge in [-0.05, 0) is 38.0 Å². The van der Waals surface area contributed by atoms with Crippen molar-refractivity contribution in [1.82, 2.24) is 14.9 Å². The van der Waals surface area contributed by atoms with Crippen LogP contribution < -0.4 is 4.74 Å². The Hall–Kier alpha value is -1.98. The van der Waals surface area contributed by atoms with Crippen molar-refractivity contribution in [1.29, 1.82) is 0 Å². The van der Waals surface area contributed by atoms with Crippen LogP contribution >= 0.6 is 0 Å². The molecule has 0 N–H and O–H groups in total. The van der Waals surface area contributed by atoms with Crippen LogP contribution in [0.3, 0.4) is 0 Å². The number of methoxy groups -OCH3 is 1. The van der Waals surface area contributed by atoms with Crippen LogP contribution in [0.1, 0.15) is 23.4 Å². The number of ether oxygens (including phenoxy) is 2. The van der Waals surface area contributed by atoms with Gasteiger partial charge in [0.1, 0.15) is 23.8 Å². The average Bonchev–Trinajstić information content (AvgIpc) is 2.99. The first kappa shape index (κ1) is 16.9. The van der Waals surface area contributed by atoms with E-state index in [1.807, 2.05) is 31.5 Å². The van der Waals surface area contributed by atoms with Gasteiger partial charge in [0, 0.05) is 44.7 Å². The van der Waals surface area contributed by atoms with E-state index in [0.29, 0.717) is 6.61 Å². The molecule has 5 heteroatoms. The SMILES string of the molecule is COC1(COc2cccc(C)c2)CCN(Cc2cnc(C)nc2)C1. The zero-order chi connectivity index (χ0) is 17.0. The summed E-state index contributed by atoms with van der Waals surface area (Å²) < 4.78 is 11.8. The van der Waals surface area contributed by atoms with Crippen molar-refractivity contribution < 1.29 is 9.47 Å². The van der Waals surface area contributed by atoms with Gasteiger partial charge >= 0.3 is 0 Å². The van der Waals surface area contributed by atoms with Gasteiger partial charge in [-0.15, -0.1) is 0 Å². The van der Waals surface area contributed by atoms with Gasteiger partial charge in [-0.25, -0.2) is 9.97 Å². The second-order valence-corrected chi connectivity index (χ2v) is 6.59. The van der Waals surface area contributed by atoms with Crippen molar-refractivity contribution >= 4 is 0 Å². The molecular weight excluding hydrogens is 302 g/mol.